The first-order valence-electron chi connectivity index (χ1n) is 8.71. The fourth-order valence-electron chi connectivity index (χ4n) is 3.12. The molecule has 0 amide bonds. The molecule has 0 radical (unpaired) electrons. The Morgan fingerprint density at radius 3 is 2.15 bits per heavy atom. The molecule has 6 nitrogen and oxygen atoms in total. The lowest BCUT2D eigenvalue weighted by molar-refractivity contribution is 0.0555. The highest BCUT2D eigenvalue weighted by Gasteiger charge is 2.23. The third-order valence-electron chi connectivity index (χ3n) is 4.43. The number of carbonyl (C=O) groups excluding carboxylic acids is 2. The predicted octanol–water partition coefficient (Wildman–Crippen LogP) is 3.78. The van der Waals surface area contributed by atoms with Crippen LogP contribution in [0.5, 0.6) is 0 Å². The fourth-order valence-corrected chi connectivity index (χ4v) is 3.12. The Morgan fingerprint density at radius 1 is 1.00 bits per heavy atom. The Hall–Kier alpha value is -3.15. The number of carbonyl (C=O) groups is 2. The van der Waals surface area contributed by atoms with Crippen LogP contribution < -0.4 is 0 Å². The zero-order valence-corrected chi connectivity index (χ0v) is 15.9. The number of hydrogen-bond acceptors (Lipinski definition) is 5. The van der Waals surface area contributed by atoms with Crippen LogP contribution in [-0.2, 0) is 16.0 Å². The summed E-state index contributed by atoms with van der Waals surface area (Å²) in [6.07, 6.45) is 0. The molecule has 140 valence electrons. The number of fused-ring (bicyclic) bond motifs is 1. The van der Waals surface area contributed by atoms with Gasteiger partial charge in [0.1, 0.15) is 5.82 Å². The number of aromatic nitrogens is 2. The first-order chi connectivity index (χ1) is 13.0. The molecule has 0 atom stereocenters. The molecule has 0 N–H and O–H groups in total. The number of nitrogens with zero attached hydrogens (tertiary/aromatic N) is 2. The van der Waals surface area contributed by atoms with Crippen LogP contribution in [-0.4, -0.2) is 35.7 Å². The number of benzene rings is 2. The van der Waals surface area contributed by atoms with Gasteiger partial charge in [0.25, 0.3) is 0 Å². The third kappa shape index (κ3) is 3.56. The molecule has 3 rings (SSSR count). The van der Waals surface area contributed by atoms with Crippen LogP contribution in [0.4, 0.5) is 0 Å². The van der Waals surface area contributed by atoms with Crippen molar-refractivity contribution < 1.29 is 19.1 Å². The van der Waals surface area contributed by atoms with Crippen molar-refractivity contribution in [1.82, 2.24) is 9.55 Å². The van der Waals surface area contributed by atoms with Crippen molar-refractivity contribution in [1.29, 1.82) is 0 Å². The molecule has 0 bridgehead atoms. The summed E-state index contributed by atoms with van der Waals surface area (Å²) in [7, 11) is 2.57. The lowest BCUT2D eigenvalue weighted by Gasteiger charge is -2.12. The molecule has 0 aliphatic rings. The van der Waals surface area contributed by atoms with Gasteiger partial charge in [0, 0.05) is 12.5 Å². The fraction of sp³-hybridized carbons (Fsp3) is 0.286. The van der Waals surface area contributed by atoms with E-state index in [1.807, 2.05) is 30.3 Å². The van der Waals surface area contributed by atoms with Gasteiger partial charge in [-0.25, -0.2) is 14.6 Å². The number of hydrogen-bond donors (Lipinski definition) is 0. The first-order valence-corrected chi connectivity index (χ1v) is 8.71. The average molecular weight is 366 g/mol. The summed E-state index contributed by atoms with van der Waals surface area (Å²) in [5.74, 6) is -0.132. The molecule has 0 saturated carbocycles. The van der Waals surface area contributed by atoms with Gasteiger partial charge in [-0.3, -0.25) is 0 Å². The summed E-state index contributed by atoms with van der Waals surface area (Å²) >= 11 is 0. The van der Waals surface area contributed by atoms with Gasteiger partial charge in [-0.1, -0.05) is 44.2 Å². The molecule has 0 saturated heterocycles. The summed E-state index contributed by atoms with van der Waals surface area (Å²) in [5.41, 5.74) is 2.85. The van der Waals surface area contributed by atoms with E-state index >= 15 is 0 Å². The smallest absolute Gasteiger partial charge is 0.338 e. The van der Waals surface area contributed by atoms with Crippen molar-refractivity contribution in [3.63, 3.8) is 0 Å². The van der Waals surface area contributed by atoms with Gasteiger partial charge in [-0.2, -0.15) is 0 Å². The summed E-state index contributed by atoms with van der Waals surface area (Å²) in [6, 6.07) is 13.3. The van der Waals surface area contributed by atoms with Crippen molar-refractivity contribution in [2.45, 2.75) is 26.3 Å². The Morgan fingerprint density at radius 2 is 1.59 bits per heavy atom. The minimum atomic E-state index is -0.596. The maximum absolute atomic E-state index is 12.2. The Kier molecular flexibility index (Phi) is 5.26. The number of methoxy groups -OCH3 is 2. The van der Waals surface area contributed by atoms with Crippen LogP contribution in [0.2, 0.25) is 0 Å². The third-order valence-corrected chi connectivity index (χ3v) is 4.43. The Balaban J connectivity index is 2.25. The predicted molar refractivity (Wildman–Crippen MR) is 102 cm³/mol. The summed E-state index contributed by atoms with van der Waals surface area (Å²) in [5, 5.41) is 0. The maximum Gasteiger partial charge on any atom is 0.338 e. The molecule has 1 heterocycles. The summed E-state index contributed by atoms with van der Waals surface area (Å²) in [4.78, 5) is 29.1. The number of imidazole rings is 1. The highest BCUT2D eigenvalue weighted by Crippen LogP contribution is 2.27. The highest BCUT2D eigenvalue weighted by molar-refractivity contribution is 6.06. The van der Waals surface area contributed by atoms with Crippen molar-refractivity contribution in [3.05, 3.63) is 65.0 Å². The molecule has 1 aromatic heterocycles. The van der Waals surface area contributed by atoms with Gasteiger partial charge in [-0.05, 0) is 17.7 Å². The molecule has 6 heteroatoms. The zero-order chi connectivity index (χ0) is 19.6. The van der Waals surface area contributed by atoms with Gasteiger partial charge >= 0.3 is 11.9 Å². The molecule has 0 spiro atoms. The van der Waals surface area contributed by atoms with Gasteiger partial charge in [-0.15, -0.1) is 0 Å². The van der Waals surface area contributed by atoms with Crippen LogP contribution >= 0.6 is 0 Å². The molecular formula is C21H22N2O4. The van der Waals surface area contributed by atoms with E-state index in [0.29, 0.717) is 12.1 Å². The molecule has 0 aliphatic heterocycles. The van der Waals surface area contributed by atoms with Crippen molar-refractivity contribution >= 4 is 23.0 Å². The molecule has 0 aliphatic carbocycles. The minimum Gasteiger partial charge on any atom is -0.465 e. The Labute approximate surface area is 157 Å². The van der Waals surface area contributed by atoms with Crippen LogP contribution in [0.3, 0.4) is 0 Å². The van der Waals surface area contributed by atoms with Gasteiger partial charge in [0.15, 0.2) is 0 Å². The van der Waals surface area contributed by atoms with E-state index in [1.54, 1.807) is 12.1 Å². The van der Waals surface area contributed by atoms with Crippen molar-refractivity contribution in [2.24, 2.45) is 0 Å². The molecule has 0 fully saturated rings. The van der Waals surface area contributed by atoms with E-state index in [2.05, 4.69) is 18.4 Å². The second kappa shape index (κ2) is 7.61. The van der Waals surface area contributed by atoms with E-state index in [1.165, 1.54) is 14.2 Å². The van der Waals surface area contributed by atoms with Gasteiger partial charge in [0.05, 0.1) is 36.4 Å². The minimum absolute atomic E-state index is 0.150. The molecule has 3 aromatic rings. The zero-order valence-electron chi connectivity index (χ0n) is 15.9. The van der Waals surface area contributed by atoms with E-state index < -0.39 is 11.9 Å². The highest BCUT2D eigenvalue weighted by atomic mass is 16.5. The molecule has 27 heavy (non-hydrogen) atoms. The summed E-state index contributed by atoms with van der Waals surface area (Å²) in [6.45, 7) is 4.74. The first kappa shape index (κ1) is 18.6. The van der Waals surface area contributed by atoms with Gasteiger partial charge < -0.3 is 14.0 Å². The maximum atomic E-state index is 12.2. The van der Waals surface area contributed by atoms with Crippen LogP contribution in [0, 0.1) is 0 Å². The second-order valence-electron chi connectivity index (χ2n) is 6.57. The number of ether oxygens (including phenoxy) is 2. The standard InChI is InChI=1S/C21H22N2O4/c1-13(2)19-22-17-10-15(20(24)26-3)16(21(25)27-4)11-18(17)23(19)12-14-8-6-5-7-9-14/h5-11,13H,12H2,1-4H3. The van der Waals surface area contributed by atoms with E-state index in [0.717, 1.165) is 16.9 Å². The summed E-state index contributed by atoms with van der Waals surface area (Å²) < 4.78 is 11.7. The van der Waals surface area contributed by atoms with Crippen molar-refractivity contribution in [3.8, 4) is 0 Å². The van der Waals surface area contributed by atoms with E-state index in [-0.39, 0.29) is 17.0 Å². The lowest BCUT2D eigenvalue weighted by atomic mass is 10.1. The van der Waals surface area contributed by atoms with Crippen LogP contribution in [0.25, 0.3) is 11.0 Å². The monoisotopic (exact) mass is 366 g/mol. The SMILES string of the molecule is COC(=O)c1cc2nc(C(C)C)n(Cc3ccccc3)c2cc1C(=O)OC. The lowest BCUT2D eigenvalue weighted by Crippen LogP contribution is -2.12. The molecular weight excluding hydrogens is 344 g/mol. The normalized spacial score (nSPS) is 11.0. The van der Waals surface area contributed by atoms with Gasteiger partial charge in [0.2, 0.25) is 0 Å². The van der Waals surface area contributed by atoms with E-state index in [9.17, 15) is 9.59 Å². The second-order valence-corrected chi connectivity index (χ2v) is 6.57. The molecule has 0 unspecified atom stereocenters. The largest absolute Gasteiger partial charge is 0.465 e. The molecule has 2 aromatic carbocycles. The van der Waals surface area contributed by atoms with Crippen LogP contribution in [0.1, 0.15) is 51.9 Å². The van der Waals surface area contributed by atoms with Crippen LogP contribution in [0.15, 0.2) is 42.5 Å². The number of rotatable bonds is 5. The van der Waals surface area contributed by atoms with E-state index in [4.69, 9.17) is 14.5 Å². The topological polar surface area (TPSA) is 70.4 Å². The number of esters is 2. The van der Waals surface area contributed by atoms with Crippen molar-refractivity contribution in [2.75, 3.05) is 14.2 Å². The quantitative estimate of drug-likeness (QED) is 0.643. The Bertz CT molecular complexity index is 990. The average Bonchev–Trinajstić information content (AvgIpc) is 3.04.